The summed E-state index contributed by atoms with van der Waals surface area (Å²) < 4.78 is 29.7. The van der Waals surface area contributed by atoms with Crippen molar-refractivity contribution in [1.82, 2.24) is 14.9 Å². The van der Waals surface area contributed by atoms with Gasteiger partial charge in [0.15, 0.2) is 0 Å². The van der Waals surface area contributed by atoms with Crippen LogP contribution >= 0.6 is 0 Å². The Morgan fingerprint density at radius 1 is 1.03 bits per heavy atom. The lowest BCUT2D eigenvalue weighted by atomic mass is 10.2. The lowest BCUT2D eigenvalue weighted by Gasteiger charge is -2.12. The monoisotopic (exact) mass is 408 g/mol. The lowest BCUT2D eigenvalue weighted by molar-refractivity contribution is 0.144. The molecule has 2 aromatic heterocycles. The summed E-state index contributed by atoms with van der Waals surface area (Å²) in [5.74, 6) is 0. The van der Waals surface area contributed by atoms with E-state index in [9.17, 15) is 13.5 Å². The Balaban J connectivity index is 1.67. The van der Waals surface area contributed by atoms with Gasteiger partial charge in [0, 0.05) is 29.2 Å². The van der Waals surface area contributed by atoms with Crippen LogP contribution in [0.1, 0.15) is 11.9 Å². The maximum Gasteiger partial charge on any atom is 0.261 e. The molecule has 1 unspecified atom stereocenters. The molecule has 1 atom stereocenters. The zero-order valence-electron chi connectivity index (χ0n) is 15.6. The first-order valence-corrected chi connectivity index (χ1v) is 10.5. The summed E-state index contributed by atoms with van der Waals surface area (Å²) in [5.41, 5.74) is 2.75. The second kappa shape index (κ2) is 7.67. The van der Waals surface area contributed by atoms with Gasteiger partial charge in [-0.3, -0.25) is 15.0 Å². The number of nitrogens with one attached hydrogen (secondary N) is 2. The lowest BCUT2D eigenvalue weighted by Crippen LogP contribution is -2.16. The van der Waals surface area contributed by atoms with E-state index in [2.05, 4.69) is 15.0 Å². The van der Waals surface area contributed by atoms with E-state index < -0.39 is 16.3 Å². The minimum Gasteiger partial charge on any atom is -0.373 e. The van der Waals surface area contributed by atoms with Crippen LogP contribution < -0.4 is 10.0 Å². The highest BCUT2D eigenvalue weighted by Crippen LogP contribution is 2.26. The van der Waals surface area contributed by atoms with E-state index in [1.165, 1.54) is 0 Å². The van der Waals surface area contributed by atoms with E-state index in [1.807, 2.05) is 29.0 Å². The molecule has 0 saturated heterocycles. The van der Waals surface area contributed by atoms with Crippen LogP contribution in [-0.2, 0) is 10.0 Å². The third kappa shape index (κ3) is 3.86. The third-order valence-electron chi connectivity index (χ3n) is 4.59. The fourth-order valence-corrected chi connectivity index (χ4v) is 4.20. The molecule has 4 rings (SSSR count). The molecule has 0 bridgehead atoms. The predicted octanol–water partition coefficient (Wildman–Crippen LogP) is 3.04. The van der Waals surface area contributed by atoms with Gasteiger partial charge in [-0.05, 0) is 55.6 Å². The molecule has 7 nitrogen and oxygen atoms in total. The minimum atomic E-state index is -3.65. The first kappa shape index (κ1) is 19.1. The quantitative estimate of drug-likeness (QED) is 0.426. The zero-order chi connectivity index (χ0) is 20.4. The second-order valence-corrected chi connectivity index (χ2v) is 8.19. The van der Waals surface area contributed by atoms with Crippen molar-refractivity contribution in [2.45, 2.75) is 11.1 Å². The van der Waals surface area contributed by atoms with Crippen LogP contribution in [0.25, 0.3) is 16.6 Å². The van der Waals surface area contributed by atoms with Gasteiger partial charge in [-0.2, -0.15) is 0 Å². The maximum absolute atomic E-state index is 12.5. The van der Waals surface area contributed by atoms with E-state index >= 15 is 0 Å². The molecular weight excluding hydrogens is 388 g/mol. The number of benzene rings is 2. The molecule has 0 fully saturated rings. The summed E-state index contributed by atoms with van der Waals surface area (Å²) in [7, 11) is -1.99. The fourth-order valence-electron chi connectivity index (χ4n) is 3.13. The first-order valence-electron chi connectivity index (χ1n) is 8.98. The second-order valence-electron chi connectivity index (χ2n) is 6.51. The van der Waals surface area contributed by atoms with Gasteiger partial charge in [0.1, 0.15) is 6.23 Å². The van der Waals surface area contributed by atoms with Crippen molar-refractivity contribution in [2.75, 3.05) is 11.8 Å². The summed E-state index contributed by atoms with van der Waals surface area (Å²) in [6, 6.07) is 19.2. The van der Waals surface area contributed by atoms with Crippen LogP contribution in [0, 0.1) is 0 Å². The van der Waals surface area contributed by atoms with Crippen molar-refractivity contribution in [3.63, 3.8) is 0 Å². The number of hydrogen-bond acceptors (Lipinski definition) is 5. The number of pyridine rings is 1. The Morgan fingerprint density at radius 2 is 1.83 bits per heavy atom. The van der Waals surface area contributed by atoms with E-state index in [-0.39, 0.29) is 4.90 Å². The Labute approximate surface area is 168 Å². The van der Waals surface area contributed by atoms with Gasteiger partial charge >= 0.3 is 0 Å². The largest absolute Gasteiger partial charge is 0.373 e. The summed E-state index contributed by atoms with van der Waals surface area (Å²) in [6.45, 7) is 0. The molecule has 3 N–H and O–H groups in total. The average molecular weight is 408 g/mol. The molecule has 4 aromatic rings. The van der Waals surface area contributed by atoms with Crippen molar-refractivity contribution in [2.24, 2.45) is 0 Å². The number of fused-ring (bicyclic) bond motifs is 1. The van der Waals surface area contributed by atoms with Gasteiger partial charge in [-0.1, -0.05) is 18.2 Å². The van der Waals surface area contributed by atoms with Crippen molar-refractivity contribution in [1.29, 1.82) is 0 Å². The molecule has 2 aromatic carbocycles. The number of nitrogens with zero attached hydrogens (tertiary/aromatic N) is 2. The van der Waals surface area contributed by atoms with Crippen molar-refractivity contribution in [3.05, 3.63) is 84.8 Å². The van der Waals surface area contributed by atoms with Crippen LogP contribution in [0.4, 0.5) is 5.69 Å². The van der Waals surface area contributed by atoms with Crippen LogP contribution in [0.5, 0.6) is 0 Å². The van der Waals surface area contributed by atoms with Crippen molar-refractivity contribution >= 4 is 26.6 Å². The first-order chi connectivity index (χ1) is 14.0. The number of hydrogen-bond donors (Lipinski definition) is 3. The van der Waals surface area contributed by atoms with Crippen LogP contribution in [-0.4, -0.2) is 30.1 Å². The van der Waals surface area contributed by atoms with Crippen LogP contribution in [0.2, 0.25) is 0 Å². The number of aliphatic hydroxyl groups excluding tert-OH is 1. The molecule has 0 aliphatic carbocycles. The fraction of sp³-hybridized carbons (Fsp3) is 0.0952. The molecule has 8 heteroatoms. The number of aromatic nitrogens is 2. The highest BCUT2D eigenvalue weighted by molar-refractivity contribution is 7.92. The van der Waals surface area contributed by atoms with Crippen LogP contribution in [0.3, 0.4) is 0 Å². The SMILES string of the molecule is CNC(O)c1cc(-n2ccc3cc(NS(=O)(=O)c4ccccc4)ccc32)ccn1. The molecule has 0 radical (unpaired) electrons. The zero-order valence-corrected chi connectivity index (χ0v) is 16.5. The van der Waals surface area contributed by atoms with E-state index in [0.29, 0.717) is 11.4 Å². The molecule has 0 amide bonds. The smallest absolute Gasteiger partial charge is 0.261 e. The summed E-state index contributed by atoms with van der Waals surface area (Å²) in [5, 5.41) is 13.6. The van der Waals surface area contributed by atoms with E-state index in [0.717, 1.165) is 16.6 Å². The maximum atomic E-state index is 12.5. The van der Waals surface area contributed by atoms with Crippen molar-refractivity contribution < 1.29 is 13.5 Å². The third-order valence-corrected chi connectivity index (χ3v) is 5.99. The molecule has 0 aliphatic rings. The van der Waals surface area contributed by atoms with Gasteiger partial charge in [0.05, 0.1) is 16.1 Å². The predicted molar refractivity (Wildman–Crippen MR) is 112 cm³/mol. The van der Waals surface area contributed by atoms with Crippen LogP contribution in [0.15, 0.2) is 84.0 Å². The van der Waals surface area contributed by atoms with Gasteiger partial charge in [-0.15, -0.1) is 0 Å². The summed E-state index contributed by atoms with van der Waals surface area (Å²) in [4.78, 5) is 4.39. The molecule has 0 saturated carbocycles. The van der Waals surface area contributed by atoms with Crippen molar-refractivity contribution in [3.8, 4) is 5.69 Å². The highest BCUT2D eigenvalue weighted by atomic mass is 32.2. The molecule has 0 aliphatic heterocycles. The number of rotatable bonds is 6. The average Bonchev–Trinajstić information content (AvgIpc) is 3.17. The topological polar surface area (TPSA) is 96.2 Å². The number of anilines is 1. The molecular formula is C21H20N4O3S. The molecule has 2 heterocycles. The molecule has 29 heavy (non-hydrogen) atoms. The highest BCUT2D eigenvalue weighted by Gasteiger charge is 2.14. The van der Waals surface area contributed by atoms with Gasteiger partial charge in [-0.25, -0.2) is 8.42 Å². The van der Waals surface area contributed by atoms with E-state index in [4.69, 9.17) is 0 Å². The summed E-state index contributed by atoms with van der Waals surface area (Å²) >= 11 is 0. The number of sulfonamides is 1. The number of aliphatic hydroxyl groups is 1. The summed E-state index contributed by atoms with van der Waals surface area (Å²) in [6.07, 6.45) is 2.68. The minimum absolute atomic E-state index is 0.213. The van der Waals surface area contributed by atoms with Gasteiger partial charge < -0.3 is 9.67 Å². The Morgan fingerprint density at radius 3 is 2.59 bits per heavy atom. The Bertz CT molecular complexity index is 1250. The standard InChI is InChI=1S/C21H20N4O3S/c1-22-21(26)19-14-17(9-11-23-19)25-12-10-15-13-16(7-8-20(15)25)24-29(27,28)18-5-3-2-4-6-18/h2-14,21-22,24,26H,1H3. The molecule has 0 spiro atoms. The Hall–Kier alpha value is -3.20. The van der Waals surface area contributed by atoms with E-state index in [1.54, 1.807) is 61.8 Å². The van der Waals surface area contributed by atoms with Gasteiger partial charge in [0.2, 0.25) is 0 Å². The van der Waals surface area contributed by atoms with Gasteiger partial charge in [0.25, 0.3) is 10.0 Å². The normalized spacial score (nSPS) is 12.8. The molecule has 148 valence electrons. The Kier molecular flexibility index (Phi) is 5.06.